The average Bonchev–Trinajstić information content (AvgIpc) is 2.80. The van der Waals surface area contributed by atoms with Crippen LogP contribution in [0.25, 0.3) is 11.0 Å². The van der Waals surface area contributed by atoms with Crippen LogP contribution in [0.3, 0.4) is 0 Å². The number of hydrogen-bond acceptors (Lipinski definition) is 4. The summed E-state index contributed by atoms with van der Waals surface area (Å²) in [6.45, 7) is 7.53. The van der Waals surface area contributed by atoms with E-state index in [9.17, 15) is 4.79 Å². The number of fused-ring (bicyclic) bond motifs is 1. The van der Waals surface area contributed by atoms with Crippen molar-refractivity contribution in [1.82, 2.24) is 20.1 Å². The molecule has 1 unspecified atom stereocenters. The van der Waals surface area contributed by atoms with Crippen LogP contribution in [-0.4, -0.2) is 38.4 Å². The van der Waals surface area contributed by atoms with Gasteiger partial charge in [0.2, 0.25) is 0 Å². The Kier molecular flexibility index (Phi) is 4.04. The molecule has 0 radical (unpaired) electrons. The van der Waals surface area contributed by atoms with Crippen LogP contribution in [0, 0.1) is 6.92 Å². The monoisotopic (exact) mass is 276 g/mol. The highest BCUT2D eigenvalue weighted by atomic mass is 16.3. The summed E-state index contributed by atoms with van der Waals surface area (Å²) < 4.78 is 1.83. The Morgan fingerprint density at radius 1 is 1.45 bits per heavy atom. The van der Waals surface area contributed by atoms with E-state index in [2.05, 4.69) is 15.4 Å². The van der Waals surface area contributed by atoms with E-state index in [1.54, 1.807) is 26.1 Å². The van der Waals surface area contributed by atoms with Crippen molar-refractivity contribution in [3.63, 3.8) is 0 Å². The van der Waals surface area contributed by atoms with E-state index in [0.717, 1.165) is 11.0 Å². The van der Waals surface area contributed by atoms with Gasteiger partial charge in [-0.15, -0.1) is 0 Å². The van der Waals surface area contributed by atoms with E-state index < -0.39 is 0 Å². The summed E-state index contributed by atoms with van der Waals surface area (Å²) in [4.78, 5) is 16.6. The first-order valence-electron chi connectivity index (χ1n) is 6.70. The number of aryl methyl sites for hydroxylation is 1. The molecule has 0 spiro atoms. The molecule has 0 aliphatic carbocycles. The second kappa shape index (κ2) is 5.58. The largest absolute Gasteiger partial charge is 0.394 e. The molecule has 0 saturated carbocycles. The van der Waals surface area contributed by atoms with Crippen LogP contribution in [-0.2, 0) is 0 Å². The van der Waals surface area contributed by atoms with Gasteiger partial charge in [0.25, 0.3) is 5.91 Å². The molecule has 0 saturated heterocycles. The Bertz CT molecular complexity index is 633. The fraction of sp³-hybridized carbons (Fsp3) is 0.500. The summed E-state index contributed by atoms with van der Waals surface area (Å²) in [5.74, 6) is -0.226. The van der Waals surface area contributed by atoms with Gasteiger partial charge in [-0.3, -0.25) is 4.79 Å². The van der Waals surface area contributed by atoms with Crippen LogP contribution in [0.1, 0.15) is 42.9 Å². The van der Waals surface area contributed by atoms with Crippen molar-refractivity contribution in [2.75, 3.05) is 6.61 Å². The molecule has 20 heavy (non-hydrogen) atoms. The van der Waals surface area contributed by atoms with Crippen molar-refractivity contribution < 1.29 is 9.90 Å². The van der Waals surface area contributed by atoms with Gasteiger partial charge < -0.3 is 10.4 Å². The summed E-state index contributed by atoms with van der Waals surface area (Å²) in [6, 6.07) is 1.73. The number of carbonyl (C=O) groups excluding carboxylic acids is 1. The molecule has 2 aromatic rings. The van der Waals surface area contributed by atoms with Gasteiger partial charge in [-0.05, 0) is 33.8 Å². The minimum atomic E-state index is -0.281. The standard InChI is InChI=1S/C14H20N4O2/c1-8(2)18-13-11(6-15-18)5-12(10(4)17-13)14(20)16-9(3)7-19/h5-6,8-9,19H,7H2,1-4H3,(H,16,20). The molecule has 1 amide bonds. The molecule has 0 bridgehead atoms. The van der Waals surface area contributed by atoms with Crippen molar-refractivity contribution >= 4 is 16.9 Å². The summed E-state index contributed by atoms with van der Waals surface area (Å²) in [6.07, 6.45) is 1.72. The fourth-order valence-electron chi connectivity index (χ4n) is 2.02. The van der Waals surface area contributed by atoms with E-state index in [0.29, 0.717) is 11.3 Å². The third kappa shape index (κ3) is 2.65. The molecule has 0 aromatic carbocycles. The van der Waals surface area contributed by atoms with Gasteiger partial charge in [0.05, 0.1) is 24.1 Å². The minimum Gasteiger partial charge on any atom is -0.394 e. The van der Waals surface area contributed by atoms with Crippen molar-refractivity contribution in [3.05, 3.63) is 23.5 Å². The van der Waals surface area contributed by atoms with Crippen molar-refractivity contribution in [1.29, 1.82) is 0 Å². The molecule has 2 rings (SSSR count). The summed E-state index contributed by atoms with van der Waals surface area (Å²) in [5.41, 5.74) is 1.95. The predicted molar refractivity (Wildman–Crippen MR) is 76.7 cm³/mol. The first-order valence-corrected chi connectivity index (χ1v) is 6.70. The number of nitrogens with zero attached hydrogens (tertiary/aromatic N) is 3. The van der Waals surface area contributed by atoms with Crippen molar-refractivity contribution in [2.24, 2.45) is 0 Å². The van der Waals surface area contributed by atoms with Gasteiger partial charge in [0, 0.05) is 17.5 Å². The number of pyridine rings is 1. The smallest absolute Gasteiger partial charge is 0.253 e. The lowest BCUT2D eigenvalue weighted by molar-refractivity contribution is 0.0921. The van der Waals surface area contributed by atoms with Gasteiger partial charge in [0.15, 0.2) is 5.65 Å². The Hall–Kier alpha value is -1.95. The maximum atomic E-state index is 12.1. The Labute approximate surface area is 117 Å². The second-order valence-corrected chi connectivity index (χ2v) is 5.27. The molecular weight excluding hydrogens is 256 g/mol. The summed E-state index contributed by atoms with van der Waals surface area (Å²) in [5, 5.41) is 16.9. The van der Waals surface area contributed by atoms with Crippen LogP contribution in [0.5, 0.6) is 0 Å². The van der Waals surface area contributed by atoms with E-state index in [1.165, 1.54) is 0 Å². The Morgan fingerprint density at radius 3 is 2.75 bits per heavy atom. The average molecular weight is 276 g/mol. The maximum Gasteiger partial charge on any atom is 0.253 e. The van der Waals surface area contributed by atoms with Crippen molar-refractivity contribution in [2.45, 2.75) is 39.8 Å². The van der Waals surface area contributed by atoms with E-state index in [-0.39, 0.29) is 24.6 Å². The third-order valence-electron chi connectivity index (χ3n) is 3.14. The normalized spacial score (nSPS) is 12.9. The molecule has 0 aliphatic rings. The number of aliphatic hydroxyl groups excluding tert-OH is 1. The van der Waals surface area contributed by atoms with E-state index in [4.69, 9.17) is 5.11 Å². The number of hydrogen-bond donors (Lipinski definition) is 2. The van der Waals surface area contributed by atoms with Crippen LogP contribution >= 0.6 is 0 Å². The predicted octanol–water partition coefficient (Wildman–Crippen LogP) is 1.43. The van der Waals surface area contributed by atoms with Gasteiger partial charge in [-0.25, -0.2) is 9.67 Å². The van der Waals surface area contributed by atoms with Gasteiger partial charge in [0.1, 0.15) is 0 Å². The van der Waals surface area contributed by atoms with Crippen LogP contribution in [0.4, 0.5) is 0 Å². The first kappa shape index (κ1) is 14.5. The second-order valence-electron chi connectivity index (χ2n) is 5.27. The zero-order valence-corrected chi connectivity index (χ0v) is 12.2. The van der Waals surface area contributed by atoms with Crippen LogP contribution in [0.15, 0.2) is 12.3 Å². The number of aromatic nitrogens is 3. The molecule has 1 atom stereocenters. The Morgan fingerprint density at radius 2 is 2.15 bits per heavy atom. The van der Waals surface area contributed by atoms with E-state index >= 15 is 0 Å². The molecule has 6 nitrogen and oxygen atoms in total. The SMILES string of the molecule is Cc1nc2c(cnn2C(C)C)cc1C(=O)NC(C)CO. The quantitative estimate of drug-likeness (QED) is 0.885. The molecule has 2 heterocycles. The fourth-order valence-corrected chi connectivity index (χ4v) is 2.02. The lowest BCUT2D eigenvalue weighted by Gasteiger charge is -2.12. The minimum absolute atomic E-state index is 0.0915. The highest BCUT2D eigenvalue weighted by Crippen LogP contribution is 2.19. The zero-order valence-electron chi connectivity index (χ0n) is 12.2. The number of aliphatic hydroxyl groups is 1. The first-order chi connectivity index (χ1) is 9.43. The molecule has 6 heteroatoms. The lowest BCUT2D eigenvalue weighted by atomic mass is 10.1. The van der Waals surface area contributed by atoms with Crippen LogP contribution in [0.2, 0.25) is 0 Å². The summed E-state index contributed by atoms with van der Waals surface area (Å²) >= 11 is 0. The molecule has 2 N–H and O–H groups in total. The van der Waals surface area contributed by atoms with Crippen molar-refractivity contribution in [3.8, 4) is 0 Å². The maximum absolute atomic E-state index is 12.1. The van der Waals surface area contributed by atoms with Gasteiger partial charge in [-0.2, -0.15) is 5.10 Å². The molecular formula is C14H20N4O2. The highest BCUT2D eigenvalue weighted by molar-refractivity contribution is 5.98. The Balaban J connectivity index is 2.41. The topological polar surface area (TPSA) is 80.0 Å². The number of nitrogens with one attached hydrogen (secondary N) is 1. The third-order valence-corrected chi connectivity index (χ3v) is 3.14. The summed E-state index contributed by atoms with van der Waals surface area (Å²) in [7, 11) is 0. The molecule has 0 aliphatic heterocycles. The zero-order chi connectivity index (χ0) is 14.9. The molecule has 108 valence electrons. The van der Waals surface area contributed by atoms with Gasteiger partial charge in [-0.1, -0.05) is 0 Å². The number of carbonyl (C=O) groups is 1. The van der Waals surface area contributed by atoms with E-state index in [1.807, 2.05) is 18.5 Å². The number of amides is 1. The van der Waals surface area contributed by atoms with Gasteiger partial charge >= 0.3 is 0 Å². The molecule has 2 aromatic heterocycles. The van der Waals surface area contributed by atoms with Crippen LogP contribution < -0.4 is 5.32 Å². The molecule has 0 fully saturated rings. The highest BCUT2D eigenvalue weighted by Gasteiger charge is 2.16. The number of rotatable bonds is 4. The lowest BCUT2D eigenvalue weighted by Crippen LogP contribution is -2.35.